The molecule has 7 nitrogen and oxygen atoms in total. The van der Waals surface area contributed by atoms with E-state index in [1.807, 2.05) is 72.8 Å². The Morgan fingerprint density at radius 3 is 2.17 bits per heavy atom. The van der Waals surface area contributed by atoms with Crippen molar-refractivity contribution in [2.75, 3.05) is 18.1 Å². The number of amides is 1. The molecule has 3 aromatic carbocycles. The summed E-state index contributed by atoms with van der Waals surface area (Å²) in [5.74, 6) is -0.353. The highest BCUT2D eigenvalue weighted by Crippen LogP contribution is 2.44. The van der Waals surface area contributed by atoms with Gasteiger partial charge in [0.2, 0.25) is 5.75 Å². The second-order valence-corrected chi connectivity index (χ2v) is 19.2. The Labute approximate surface area is 285 Å². The van der Waals surface area contributed by atoms with E-state index in [0.717, 1.165) is 36.8 Å². The highest BCUT2D eigenvalue weighted by Gasteiger charge is 2.39. The zero-order valence-electron chi connectivity index (χ0n) is 28.1. The Bertz CT molecular complexity index is 1640. The zero-order valence-corrected chi connectivity index (χ0v) is 29.9. The van der Waals surface area contributed by atoms with Gasteiger partial charge in [0.15, 0.2) is 14.0 Å². The van der Waals surface area contributed by atoms with E-state index in [4.69, 9.17) is 25.7 Å². The molecule has 1 fully saturated rings. The van der Waals surface area contributed by atoms with Crippen LogP contribution < -0.4 is 9.64 Å². The quantitative estimate of drug-likeness (QED) is 0.151. The van der Waals surface area contributed by atoms with E-state index in [9.17, 15) is 9.90 Å². The minimum absolute atomic E-state index is 0.0270. The molecule has 1 heterocycles. The number of hydrogen-bond donors (Lipinski definition) is 1. The number of carbonyl (C=O) groups excluding carboxylic acids is 1. The number of hydrogen-bond acceptors (Lipinski definition) is 6. The highest BCUT2D eigenvalue weighted by molar-refractivity contribution is 6.74. The summed E-state index contributed by atoms with van der Waals surface area (Å²) in [6.07, 6.45) is 4.54. The maximum atomic E-state index is 14.6. The molecule has 4 aromatic rings. The molecule has 1 N–H and O–H groups in total. The van der Waals surface area contributed by atoms with Crippen molar-refractivity contribution in [2.24, 2.45) is 0 Å². The smallest absolute Gasteiger partial charge is 0.281 e. The van der Waals surface area contributed by atoms with Crippen molar-refractivity contribution in [3.63, 3.8) is 0 Å². The van der Waals surface area contributed by atoms with E-state index in [-0.39, 0.29) is 40.3 Å². The van der Waals surface area contributed by atoms with Gasteiger partial charge >= 0.3 is 0 Å². The van der Waals surface area contributed by atoms with Gasteiger partial charge in [0.25, 0.3) is 11.8 Å². The Morgan fingerprint density at radius 2 is 1.55 bits per heavy atom. The Kier molecular flexibility index (Phi) is 10.7. The minimum Gasteiger partial charge on any atom is -0.491 e. The molecule has 0 saturated heterocycles. The summed E-state index contributed by atoms with van der Waals surface area (Å²) in [5, 5.41) is 12.1. The molecular formula is C38H46ClN3O4Si. The summed E-state index contributed by atoms with van der Waals surface area (Å²) < 4.78 is 12.6. The molecule has 248 valence electrons. The third-order valence-electron chi connectivity index (χ3n) is 9.73. The average molecular weight is 672 g/mol. The maximum absolute atomic E-state index is 14.6. The van der Waals surface area contributed by atoms with Crippen LogP contribution in [0.4, 0.5) is 5.69 Å². The highest BCUT2D eigenvalue weighted by atomic mass is 35.5. The molecule has 1 aliphatic carbocycles. The summed E-state index contributed by atoms with van der Waals surface area (Å²) in [7, 11) is -2.07. The van der Waals surface area contributed by atoms with Crippen molar-refractivity contribution < 1.29 is 19.1 Å². The molecule has 9 heteroatoms. The lowest BCUT2D eigenvalue weighted by Gasteiger charge is -2.36. The van der Waals surface area contributed by atoms with Crippen molar-refractivity contribution in [3.8, 4) is 11.6 Å². The van der Waals surface area contributed by atoms with Crippen LogP contribution in [0.2, 0.25) is 23.2 Å². The van der Waals surface area contributed by atoms with Crippen LogP contribution in [0.15, 0.2) is 84.9 Å². The molecule has 5 rings (SSSR count). The van der Waals surface area contributed by atoms with E-state index in [2.05, 4.69) is 51.0 Å². The standard InChI is InChI=1S/C38H46ClN3O4Si/c1-37(2,3)47(4,5)46-25-24-42(31-16-10-7-11-17-31)36(44)33-34(45-27-28-14-8-6-9-15-28)35(43)41-32(40-33)26-38(22-12-13-23-38)29-18-20-30(39)21-19-29/h6-11,14-21H,12-13,22-27H2,1-5H3,(H,40,41,43). The Morgan fingerprint density at radius 1 is 0.936 bits per heavy atom. The van der Waals surface area contributed by atoms with Crippen LogP contribution >= 0.6 is 11.6 Å². The molecule has 1 aromatic heterocycles. The molecular weight excluding hydrogens is 626 g/mol. The lowest BCUT2D eigenvalue weighted by Crippen LogP contribution is -2.43. The predicted molar refractivity (Wildman–Crippen MR) is 191 cm³/mol. The largest absolute Gasteiger partial charge is 0.491 e. The monoisotopic (exact) mass is 671 g/mol. The van der Waals surface area contributed by atoms with Crippen LogP contribution in [0.5, 0.6) is 11.6 Å². The summed E-state index contributed by atoms with van der Waals surface area (Å²) in [6, 6.07) is 27.1. The fourth-order valence-corrected chi connectivity index (χ4v) is 7.15. The molecule has 1 aliphatic rings. The number of rotatable bonds is 12. The van der Waals surface area contributed by atoms with E-state index in [0.29, 0.717) is 36.1 Å². The predicted octanol–water partition coefficient (Wildman–Crippen LogP) is 9.14. The van der Waals surface area contributed by atoms with Crippen molar-refractivity contribution in [3.05, 3.63) is 113 Å². The first-order valence-electron chi connectivity index (χ1n) is 16.4. The molecule has 0 radical (unpaired) electrons. The molecule has 0 unspecified atom stereocenters. The lowest BCUT2D eigenvalue weighted by atomic mass is 9.76. The van der Waals surface area contributed by atoms with Crippen LogP contribution in [0.25, 0.3) is 0 Å². The topological polar surface area (TPSA) is 84.8 Å². The average Bonchev–Trinajstić information content (AvgIpc) is 3.52. The second kappa shape index (κ2) is 14.6. The van der Waals surface area contributed by atoms with E-state index in [1.165, 1.54) is 0 Å². The second-order valence-electron chi connectivity index (χ2n) is 14.0. The molecule has 0 atom stereocenters. The third kappa shape index (κ3) is 8.23. The van der Waals surface area contributed by atoms with Crippen LogP contribution in [-0.2, 0) is 22.9 Å². The van der Waals surface area contributed by atoms with E-state index < -0.39 is 8.32 Å². The number of carbonyl (C=O) groups is 1. The van der Waals surface area contributed by atoms with Gasteiger partial charge in [-0.2, -0.15) is 4.98 Å². The van der Waals surface area contributed by atoms with Crippen molar-refractivity contribution >= 4 is 31.5 Å². The fraction of sp³-hybridized carbons (Fsp3) is 0.395. The number of para-hydroxylation sites is 1. The van der Waals surface area contributed by atoms with E-state index >= 15 is 0 Å². The molecule has 1 saturated carbocycles. The summed E-state index contributed by atoms with van der Waals surface area (Å²) in [5.41, 5.74) is 2.57. The first kappa shape index (κ1) is 34.6. The third-order valence-corrected chi connectivity index (χ3v) is 14.5. The van der Waals surface area contributed by atoms with Crippen molar-refractivity contribution in [1.82, 2.24) is 9.97 Å². The zero-order chi connectivity index (χ0) is 33.7. The van der Waals surface area contributed by atoms with Gasteiger partial charge in [-0.15, -0.1) is 0 Å². The summed E-state index contributed by atoms with van der Waals surface area (Å²) in [6.45, 7) is 11.8. The van der Waals surface area contributed by atoms with Crippen molar-refractivity contribution in [1.29, 1.82) is 0 Å². The van der Waals surface area contributed by atoms with Gasteiger partial charge in [0.05, 0.1) is 6.61 Å². The number of nitrogens with zero attached hydrogens (tertiary/aromatic N) is 3. The van der Waals surface area contributed by atoms with Crippen LogP contribution in [-0.4, -0.2) is 42.5 Å². The lowest BCUT2D eigenvalue weighted by molar-refractivity contribution is 0.0969. The van der Waals surface area contributed by atoms with Gasteiger partial charge in [0.1, 0.15) is 12.4 Å². The Hall–Kier alpha value is -3.72. The van der Waals surface area contributed by atoms with Crippen molar-refractivity contribution in [2.45, 2.75) is 83.0 Å². The minimum atomic E-state index is -2.07. The van der Waals surface area contributed by atoms with Gasteiger partial charge in [-0.1, -0.05) is 106 Å². The van der Waals surface area contributed by atoms with Gasteiger partial charge < -0.3 is 19.2 Å². The van der Waals surface area contributed by atoms with Crippen LogP contribution in [0.3, 0.4) is 0 Å². The van der Waals surface area contributed by atoms with Gasteiger partial charge in [-0.05, 0) is 66.4 Å². The number of aromatic nitrogens is 2. The van der Waals surface area contributed by atoms with Gasteiger partial charge in [-0.3, -0.25) is 4.79 Å². The first-order valence-corrected chi connectivity index (χ1v) is 19.7. The van der Waals surface area contributed by atoms with Crippen LogP contribution in [0, 0.1) is 0 Å². The molecule has 0 spiro atoms. The number of ether oxygens (including phenoxy) is 1. The maximum Gasteiger partial charge on any atom is 0.281 e. The van der Waals surface area contributed by atoms with E-state index in [1.54, 1.807) is 4.90 Å². The normalized spacial score (nSPS) is 14.6. The van der Waals surface area contributed by atoms with Crippen LogP contribution in [0.1, 0.15) is 73.9 Å². The SMILES string of the molecule is CC(C)(C)[Si](C)(C)OCCN(C(=O)c1nc(CC2(c3ccc(Cl)cc3)CCCC2)nc(O)c1OCc1ccccc1)c1ccccc1. The number of benzene rings is 3. The molecule has 0 bridgehead atoms. The number of halogens is 1. The van der Waals surface area contributed by atoms with Gasteiger partial charge in [0, 0.05) is 29.1 Å². The molecule has 1 amide bonds. The summed E-state index contributed by atoms with van der Waals surface area (Å²) in [4.78, 5) is 25.7. The number of anilines is 1. The first-order chi connectivity index (χ1) is 22.4. The fourth-order valence-electron chi connectivity index (χ4n) is 5.99. The molecule has 0 aliphatic heterocycles. The number of aromatic hydroxyl groups is 1. The summed E-state index contributed by atoms with van der Waals surface area (Å²) >= 11 is 6.23. The van der Waals surface area contributed by atoms with Gasteiger partial charge in [-0.25, -0.2) is 4.98 Å². The molecule has 47 heavy (non-hydrogen) atoms. The Balaban J connectivity index is 1.53.